The van der Waals surface area contributed by atoms with Crippen LogP contribution in [-0.2, 0) is 25.7 Å². The van der Waals surface area contributed by atoms with E-state index in [1.807, 2.05) is 68.0 Å². The average molecular weight is 849 g/mol. The Bertz CT molecular complexity index is 2040. The Hall–Kier alpha value is -3.10. The Morgan fingerprint density at radius 2 is 0.625 bits per heavy atom. The topological polar surface area (TPSA) is 0 Å². The normalized spacial score (nSPS) is 12.4. The SMILES string of the molecule is CCCCc1c(/C=C/c2cccs2)sc(/C=C/c2ccc(/C=C/c3ccc(/C=C/c4sc(/C=C/c5cccs5)c(CCCC)c4CCCC)s3)s2)c1CCCC. The predicted molar refractivity (Wildman–Crippen MR) is 265 cm³/mol. The molecule has 6 heterocycles. The highest BCUT2D eigenvalue weighted by atomic mass is 32.1. The summed E-state index contributed by atoms with van der Waals surface area (Å²) in [6.07, 6.45) is 37.9. The monoisotopic (exact) mass is 848 g/mol. The van der Waals surface area contributed by atoms with E-state index in [1.165, 1.54) is 113 Å². The van der Waals surface area contributed by atoms with Gasteiger partial charge in [-0.2, -0.15) is 0 Å². The van der Waals surface area contributed by atoms with E-state index in [-0.39, 0.29) is 0 Å². The summed E-state index contributed by atoms with van der Waals surface area (Å²) in [6, 6.07) is 17.8. The lowest BCUT2D eigenvalue weighted by Gasteiger charge is -2.06. The molecule has 0 saturated carbocycles. The lowest BCUT2D eigenvalue weighted by atomic mass is 9.98. The molecular weight excluding hydrogens is 793 g/mol. The van der Waals surface area contributed by atoms with Crippen molar-refractivity contribution in [3.05, 3.63) is 130 Å². The summed E-state index contributed by atoms with van der Waals surface area (Å²) in [4.78, 5) is 13.6. The highest BCUT2D eigenvalue weighted by Crippen LogP contribution is 2.37. The zero-order valence-electron chi connectivity index (χ0n) is 33.5. The van der Waals surface area contributed by atoms with Gasteiger partial charge in [0, 0.05) is 48.8 Å². The van der Waals surface area contributed by atoms with Crippen LogP contribution in [-0.4, -0.2) is 0 Å². The zero-order valence-corrected chi connectivity index (χ0v) is 38.4. The molecule has 56 heavy (non-hydrogen) atoms. The summed E-state index contributed by atoms with van der Waals surface area (Å²) in [5.74, 6) is 0. The Labute approximate surface area is 361 Å². The number of hydrogen-bond acceptors (Lipinski definition) is 6. The molecule has 0 aliphatic carbocycles. The van der Waals surface area contributed by atoms with E-state index in [4.69, 9.17) is 0 Å². The number of rotatable bonds is 22. The van der Waals surface area contributed by atoms with Crippen molar-refractivity contribution in [3.63, 3.8) is 0 Å². The van der Waals surface area contributed by atoms with Gasteiger partial charge in [-0.1, -0.05) is 65.5 Å². The maximum Gasteiger partial charge on any atom is 0.0312 e. The second kappa shape index (κ2) is 22.7. The van der Waals surface area contributed by atoms with Crippen molar-refractivity contribution in [1.29, 1.82) is 0 Å². The van der Waals surface area contributed by atoms with Gasteiger partial charge in [-0.05, 0) is 182 Å². The molecule has 0 unspecified atom stereocenters. The molecule has 0 aromatic carbocycles. The minimum Gasteiger partial charge on any atom is -0.144 e. The van der Waals surface area contributed by atoms with Crippen molar-refractivity contribution in [3.8, 4) is 0 Å². The fourth-order valence-electron chi connectivity index (χ4n) is 6.79. The van der Waals surface area contributed by atoms with Crippen LogP contribution in [0.25, 0.3) is 60.8 Å². The molecule has 0 atom stereocenters. The molecule has 6 aromatic heterocycles. The summed E-state index contributed by atoms with van der Waals surface area (Å²) in [7, 11) is 0. The minimum atomic E-state index is 1.16. The van der Waals surface area contributed by atoms with E-state index >= 15 is 0 Å². The van der Waals surface area contributed by atoms with Gasteiger partial charge in [0.25, 0.3) is 0 Å². The third-order valence-electron chi connectivity index (χ3n) is 9.87. The van der Waals surface area contributed by atoms with Gasteiger partial charge in [0.15, 0.2) is 0 Å². The van der Waals surface area contributed by atoms with Crippen LogP contribution >= 0.6 is 68.0 Å². The first kappa shape index (κ1) is 42.5. The van der Waals surface area contributed by atoms with Crippen LogP contribution in [0, 0.1) is 0 Å². The van der Waals surface area contributed by atoms with Crippen LogP contribution in [0.1, 0.15) is 150 Å². The Kier molecular flexibility index (Phi) is 17.3. The molecule has 292 valence electrons. The molecule has 6 heteroatoms. The molecule has 0 fully saturated rings. The van der Waals surface area contributed by atoms with Gasteiger partial charge in [0.05, 0.1) is 0 Å². The van der Waals surface area contributed by atoms with Crippen molar-refractivity contribution in [2.45, 2.75) is 105 Å². The summed E-state index contributed by atoms with van der Waals surface area (Å²) < 4.78 is 0. The number of hydrogen-bond donors (Lipinski definition) is 0. The third-order valence-corrected chi connectivity index (χ3v) is 16.0. The van der Waals surface area contributed by atoms with Crippen LogP contribution in [0.2, 0.25) is 0 Å². The van der Waals surface area contributed by atoms with Gasteiger partial charge in [0.2, 0.25) is 0 Å². The first-order valence-electron chi connectivity index (χ1n) is 20.5. The van der Waals surface area contributed by atoms with E-state index < -0.39 is 0 Å². The fourth-order valence-corrected chi connectivity index (χ4v) is 12.1. The molecule has 0 radical (unpaired) electrons. The van der Waals surface area contributed by atoms with Gasteiger partial charge >= 0.3 is 0 Å². The number of thiophene rings is 6. The van der Waals surface area contributed by atoms with Gasteiger partial charge < -0.3 is 0 Å². The van der Waals surface area contributed by atoms with Crippen LogP contribution in [0.3, 0.4) is 0 Å². The van der Waals surface area contributed by atoms with Gasteiger partial charge in [-0.15, -0.1) is 68.0 Å². The van der Waals surface area contributed by atoms with Gasteiger partial charge in [0.1, 0.15) is 0 Å². The van der Waals surface area contributed by atoms with Crippen molar-refractivity contribution < 1.29 is 0 Å². The Morgan fingerprint density at radius 1 is 0.339 bits per heavy atom. The summed E-state index contributed by atoms with van der Waals surface area (Å²) in [5.41, 5.74) is 6.31. The Morgan fingerprint density at radius 3 is 0.893 bits per heavy atom. The number of unbranched alkanes of at least 4 members (excludes halogenated alkanes) is 4. The van der Waals surface area contributed by atoms with E-state index in [2.05, 4.69) is 148 Å². The molecule has 0 bridgehead atoms. The summed E-state index contributed by atoms with van der Waals surface area (Å²) in [5, 5.41) is 4.32. The highest BCUT2D eigenvalue weighted by Gasteiger charge is 2.16. The predicted octanol–water partition coefficient (Wildman–Crippen LogP) is 18.3. The molecule has 0 amide bonds. The van der Waals surface area contributed by atoms with Crippen LogP contribution in [0.4, 0.5) is 0 Å². The van der Waals surface area contributed by atoms with Crippen molar-refractivity contribution in [2.75, 3.05) is 0 Å². The molecule has 0 N–H and O–H groups in total. The largest absolute Gasteiger partial charge is 0.144 e. The first-order valence-corrected chi connectivity index (χ1v) is 25.6. The summed E-state index contributed by atoms with van der Waals surface area (Å²) >= 11 is 11.3. The third kappa shape index (κ3) is 12.2. The maximum atomic E-state index is 2.39. The first-order chi connectivity index (χ1) is 27.6. The van der Waals surface area contributed by atoms with Crippen LogP contribution in [0.15, 0.2) is 59.3 Å². The molecule has 0 spiro atoms. The Balaban J connectivity index is 1.16. The van der Waals surface area contributed by atoms with Crippen molar-refractivity contribution in [2.24, 2.45) is 0 Å². The maximum absolute atomic E-state index is 2.39. The molecule has 0 nitrogen and oxygen atoms in total. The molecule has 0 aliphatic heterocycles. The van der Waals surface area contributed by atoms with Crippen LogP contribution in [0.5, 0.6) is 0 Å². The summed E-state index contributed by atoms with van der Waals surface area (Å²) in [6.45, 7) is 9.22. The second-order valence-corrected chi connectivity index (χ2v) is 20.6. The molecule has 6 aromatic rings. The average Bonchev–Trinajstić information content (AvgIpc) is 4.08. The molecule has 0 aliphatic rings. The quantitative estimate of drug-likeness (QED) is 0.0638. The lowest BCUT2D eigenvalue weighted by molar-refractivity contribution is 0.761. The van der Waals surface area contributed by atoms with E-state index in [9.17, 15) is 0 Å². The lowest BCUT2D eigenvalue weighted by Crippen LogP contribution is -1.94. The van der Waals surface area contributed by atoms with Crippen molar-refractivity contribution >= 4 is 129 Å². The second-order valence-electron chi connectivity index (χ2n) is 14.2. The van der Waals surface area contributed by atoms with Crippen LogP contribution < -0.4 is 0 Å². The van der Waals surface area contributed by atoms with Gasteiger partial charge in [-0.3, -0.25) is 0 Å². The molecule has 0 saturated heterocycles. The fraction of sp³-hybridized carbons (Fsp3) is 0.320. The smallest absolute Gasteiger partial charge is 0.0312 e. The minimum absolute atomic E-state index is 1.16. The van der Waals surface area contributed by atoms with Gasteiger partial charge in [-0.25, -0.2) is 0 Å². The molecule has 6 rings (SSSR count). The van der Waals surface area contributed by atoms with E-state index in [0.717, 1.165) is 12.8 Å². The molecular formula is C50H56S6. The standard InChI is InChI=1S/C50H56S6/c1-5-9-17-43-45(19-11-7-3)49(55-47(43)31-27-37-15-13-35-51-37)33-29-41-25-23-39(53-41)21-22-40-24-26-42(54-40)30-34-50-46(20-12-8-4)44(18-10-6-2)48(56-50)32-28-38-16-14-36-52-38/h13-16,21-36H,5-12,17-20H2,1-4H3/b22-21+,31-27+,32-28+,33-29+,34-30+. The van der Waals surface area contributed by atoms with E-state index in [1.54, 1.807) is 22.3 Å². The van der Waals surface area contributed by atoms with Crippen molar-refractivity contribution in [1.82, 2.24) is 0 Å². The van der Waals surface area contributed by atoms with E-state index in [0.29, 0.717) is 0 Å². The highest BCUT2D eigenvalue weighted by molar-refractivity contribution is 7.16. The zero-order chi connectivity index (χ0) is 39.0.